The minimum Gasteiger partial charge on any atom is -0.481 e. The summed E-state index contributed by atoms with van der Waals surface area (Å²) in [5.74, 6) is -0.420. The highest BCUT2D eigenvalue weighted by Crippen LogP contribution is 2.27. The molecule has 0 aliphatic rings. The topological polar surface area (TPSA) is 64.4 Å². The summed E-state index contributed by atoms with van der Waals surface area (Å²) < 4.78 is 7.32. The third kappa shape index (κ3) is 3.74. The number of thioether (sulfide) groups is 1. The molecule has 1 rings (SSSR count). The van der Waals surface area contributed by atoms with Gasteiger partial charge in [0.15, 0.2) is 5.16 Å². The lowest BCUT2D eigenvalue weighted by Crippen LogP contribution is -2.22. The van der Waals surface area contributed by atoms with Gasteiger partial charge in [-0.2, -0.15) is 0 Å². The van der Waals surface area contributed by atoms with Gasteiger partial charge in [0.2, 0.25) is 0 Å². The normalized spacial score (nSPS) is 12.9. The predicted octanol–water partition coefficient (Wildman–Crippen LogP) is 2.21. The van der Waals surface area contributed by atoms with E-state index in [0.29, 0.717) is 12.5 Å². The zero-order valence-corrected chi connectivity index (χ0v) is 12.0. The van der Waals surface area contributed by atoms with Gasteiger partial charge < -0.3 is 14.4 Å². The number of aryl methyl sites for hydroxylation is 1. The van der Waals surface area contributed by atoms with Crippen LogP contribution in [0.5, 0.6) is 0 Å². The number of aromatic nitrogens is 2. The van der Waals surface area contributed by atoms with E-state index in [2.05, 4.69) is 23.4 Å². The first-order chi connectivity index (χ1) is 8.47. The van der Waals surface area contributed by atoms with Gasteiger partial charge >= 0.3 is 5.97 Å². The number of carboxylic acids is 1. The zero-order chi connectivity index (χ0) is 13.7. The summed E-state index contributed by atoms with van der Waals surface area (Å²) in [5.41, 5.74) is 1.03. The van der Waals surface area contributed by atoms with Gasteiger partial charge in [0, 0.05) is 19.0 Å². The van der Waals surface area contributed by atoms with Crippen LogP contribution in [0.1, 0.15) is 25.6 Å². The highest BCUT2D eigenvalue weighted by atomic mass is 32.2. The van der Waals surface area contributed by atoms with Crippen LogP contribution in [0.4, 0.5) is 0 Å². The SMILES string of the molecule is COCC(C(C)C)n1c(C)cnc1SCC(=O)O. The number of nitrogens with zero attached hydrogens (tertiary/aromatic N) is 2. The Balaban J connectivity index is 2.96. The van der Waals surface area contributed by atoms with Crippen LogP contribution in [0.25, 0.3) is 0 Å². The van der Waals surface area contributed by atoms with E-state index in [1.807, 2.05) is 6.92 Å². The van der Waals surface area contributed by atoms with Gasteiger partial charge in [-0.15, -0.1) is 0 Å². The third-order valence-corrected chi connectivity index (χ3v) is 3.66. The van der Waals surface area contributed by atoms with Crippen LogP contribution in [0.15, 0.2) is 11.4 Å². The molecule has 0 saturated carbocycles. The molecule has 5 nitrogen and oxygen atoms in total. The van der Waals surface area contributed by atoms with E-state index in [4.69, 9.17) is 9.84 Å². The van der Waals surface area contributed by atoms with Crippen molar-refractivity contribution in [3.63, 3.8) is 0 Å². The predicted molar refractivity (Wildman–Crippen MR) is 71.1 cm³/mol. The van der Waals surface area contributed by atoms with Crippen molar-refractivity contribution in [1.82, 2.24) is 9.55 Å². The molecule has 1 N–H and O–H groups in total. The summed E-state index contributed by atoms with van der Waals surface area (Å²) in [4.78, 5) is 14.9. The average Bonchev–Trinajstić information content (AvgIpc) is 2.64. The molecule has 0 fully saturated rings. The molecule has 6 heteroatoms. The van der Waals surface area contributed by atoms with Crippen LogP contribution in [-0.4, -0.2) is 40.1 Å². The Morgan fingerprint density at radius 2 is 2.28 bits per heavy atom. The molecule has 1 atom stereocenters. The van der Waals surface area contributed by atoms with E-state index >= 15 is 0 Å². The smallest absolute Gasteiger partial charge is 0.313 e. The molecule has 102 valence electrons. The Kier molecular flexibility index (Phi) is 5.68. The first kappa shape index (κ1) is 15.0. The highest BCUT2D eigenvalue weighted by molar-refractivity contribution is 7.99. The van der Waals surface area contributed by atoms with Gasteiger partial charge in [0.25, 0.3) is 0 Å². The molecule has 0 amide bonds. The number of imidazole rings is 1. The number of carboxylic acid groups (broad SMARTS) is 1. The van der Waals surface area contributed by atoms with Crippen LogP contribution in [0.2, 0.25) is 0 Å². The van der Waals surface area contributed by atoms with E-state index in [1.165, 1.54) is 11.8 Å². The maximum absolute atomic E-state index is 10.6. The number of hydrogen-bond donors (Lipinski definition) is 1. The maximum Gasteiger partial charge on any atom is 0.313 e. The van der Waals surface area contributed by atoms with E-state index in [-0.39, 0.29) is 11.8 Å². The second kappa shape index (κ2) is 6.80. The Labute approximate surface area is 112 Å². The van der Waals surface area contributed by atoms with Crippen molar-refractivity contribution in [2.75, 3.05) is 19.5 Å². The molecule has 0 saturated heterocycles. The Morgan fingerprint density at radius 1 is 1.61 bits per heavy atom. The van der Waals surface area contributed by atoms with Crippen molar-refractivity contribution >= 4 is 17.7 Å². The molecule has 0 spiro atoms. The van der Waals surface area contributed by atoms with Crippen LogP contribution in [-0.2, 0) is 9.53 Å². The van der Waals surface area contributed by atoms with E-state index < -0.39 is 5.97 Å². The van der Waals surface area contributed by atoms with Gasteiger partial charge in [-0.1, -0.05) is 25.6 Å². The quantitative estimate of drug-likeness (QED) is 0.771. The third-order valence-electron chi connectivity index (χ3n) is 2.71. The summed E-state index contributed by atoms with van der Waals surface area (Å²) in [7, 11) is 1.67. The molecule has 18 heavy (non-hydrogen) atoms. The summed E-state index contributed by atoms with van der Waals surface area (Å²) in [5, 5.41) is 9.48. The monoisotopic (exact) mass is 272 g/mol. The largest absolute Gasteiger partial charge is 0.481 e. The van der Waals surface area contributed by atoms with Gasteiger partial charge in [-0.3, -0.25) is 4.79 Å². The Hall–Kier alpha value is -1.01. The van der Waals surface area contributed by atoms with Crippen LogP contribution >= 0.6 is 11.8 Å². The number of methoxy groups -OCH3 is 1. The second-order valence-corrected chi connectivity index (χ2v) is 5.44. The van der Waals surface area contributed by atoms with Gasteiger partial charge in [-0.05, 0) is 12.8 Å². The molecule has 0 aromatic carbocycles. The molecular formula is C12H20N2O3S. The number of aliphatic carboxylic acids is 1. The van der Waals surface area contributed by atoms with Gasteiger partial charge in [0.05, 0.1) is 18.4 Å². The molecule has 1 heterocycles. The Bertz CT molecular complexity index is 404. The number of carbonyl (C=O) groups is 1. The van der Waals surface area contributed by atoms with Crippen molar-refractivity contribution in [3.8, 4) is 0 Å². The standard InChI is InChI=1S/C12H20N2O3S/c1-8(2)10(6-17-4)14-9(3)5-13-12(14)18-7-11(15)16/h5,8,10H,6-7H2,1-4H3,(H,15,16). The number of hydrogen-bond acceptors (Lipinski definition) is 4. The van der Waals surface area contributed by atoms with Gasteiger partial charge in [0.1, 0.15) is 0 Å². The first-order valence-corrected chi connectivity index (χ1v) is 6.83. The molecule has 1 unspecified atom stereocenters. The lowest BCUT2D eigenvalue weighted by atomic mass is 10.1. The molecule has 0 aliphatic heterocycles. The minimum absolute atomic E-state index is 0.0221. The zero-order valence-electron chi connectivity index (χ0n) is 11.2. The molecular weight excluding hydrogens is 252 g/mol. The fourth-order valence-corrected chi connectivity index (χ4v) is 2.59. The lowest BCUT2D eigenvalue weighted by molar-refractivity contribution is -0.133. The molecule has 1 aromatic heterocycles. The average molecular weight is 272 g/mol. The Morgan fingerprint density at radius 3 is 2.78 bits per heavy atom. The van der Waals surface area contributed by atoms with Crippen molar-refractivity contribution < 1.29 is 14.6 Å². The first-order valence-electron chi connectivity index (χ1n) is 5.84. The number of ether oxygens (including phenoxy) is 1. The fourth-order valence-electron chi connectivity index (χ4n) is 1.80. The molecule has 1 aromatic rings. The lowest BCUT2D eigenvalue weighted by Gasteiger charge is -2.24. The van der Waals surface area contributed by atoms with Crippen molar-refractivity contribution in [2.24, 2.45) is 5.92 Å². The van der Waals surface area contributed by atoms with Crippen LogP contribution in [0.3, 0.4) is 0 Å². The minimum atomic E-state index is -0.833. The highest BCUT2D eigenvalue weighted by Gasteiger charge is 2.21. The summed E-state index contributed by atoms with van der Waals surface area (Å²) in [6, 6.07) is 0.175. The molecule has 0 aliphatic carbocycles. The number of rotatable bonds is 7. The summed E-state index contributed by atoms with van der Waals surface area (Å²) >= 11 is 1.24. The summed E-state index contributed by atoms with van der Waals surface area (Å²) in [6.07, 6.45) is 1.77. The van der Waals surface area contributed by atoms with E-state index in [1.54, 1.807) is 13.3 Å². The second-order valence-electron chi connectivity index (χ2n) is 4.50. The molecule has 0 radical (unpaired) electrons. The fraction of sp³-hybridized carbons (Fsp3) is 0.667. The van der Waals surface area contributed by atoms with Crippen molar-refractivity contribution in [2.45, 2.75) is 32.0 Å². The van der Waals surface area contributed by atoms with E-state index in [0.717, 1.165) is 10.9 Å². The van der Waals surface area contributed by atoms with Gasteiger partial charge in [-0.25, -0.2) is 4.98 Å². The molecule has 0 bridgehead atoms. The van der Waals surface area contributed by atoms with Crippen molar-refractivity contribution in [1.29, 1.82) is 0 Å². The summed E-state index contributed by atoms with van der Waals surface area (Å²) in [6.45, 7) is 6.81. The van der Waals surface area contributed by atoms with Crippen LogP contribution < -0.4 is 0 Å². The van der Waals surface area contributed by atoms with E-state index in [9.17, 15) is 4.79 Å². The van der Waals surface area contributed by atoms with Crippen molar-refractivity contribution in [3.05, 3.63) is 11.9 Å². The van der Waals surface area contributed by atoms with Crippen LogP contribution in [0, 0.1) is 12.8 Å². The maximum atomic E-state index is 10.6.